The average Bonchev–Trinajstić information content (AvgIpc) is 3.54. The molecule has 1 aliphatic rings. The largest absolute Gasteiger partial charge is 0.497 e. The molecule has 4 rings (SSSR count). The van der Waals surface area contributed by atoms with E-state index >= 15 is 0 Å². The summed E-state index contributed by atoms with van der Waals surface area (Å²) in [5.41, 5.74) is 0.435. The second-order valence-corrected chi connectivity index (χ2v) is 13.2. The zero-order valence-electron chi connectivity index (χ0n) is 21.6. The number of hydrogen-bond donors (Lipinski definition) is 0. The Balaban J connectivity index is 1.71. The molecule has 0 saturated carbocycles. The van der Waals surface area contributed by atoms with Crippen LogP contribution in [0.2, 0.25) is 0 Å². The van der Waals surface area contributed by atoms with Crippen LogP contribution in [0, 0.1) is 5.82 Å². The van der Waals surface area contributed by atoms with Crippen molar-refractivity contribution in [2.24, 2.45) is 0 Å². The van der Waals surface area contributed by atoms with Gasteiger partial charge in [-0.15, -0.1) is 0 Å². The first-order chi connectivity index (χ1) is 18.0. The van der Waals surface area contributed by atoms with Gasteiger partial charge in [0.15, 0.2) is 0 Å². The molecule has 2 aromatic carbocycles. The Kier molecular flexibility index (Phi) is 8.55. The van der Waals surface area contributed by atoms with Crippen LogP contribution in [0.15, 0.2) is 64.8 Å². The smallest absolute Gasteiger partial charge is 0.243 e. The number of sulfonamides is 1. The molecule has 0 bridgehead atoms. The first kappa shape index (κ1) is 28.2. The summed E-state index contributed by atoms with van der Waals surface area (Å²) in [6.07, 6.45) is 2.72. The van der Waals surface area contributed by atoms with Gasteiger partial charge in [0.2, 0.25) is 25.0 Å². The van der Waals surface area contributed by atoms with Crippen LogP contribution in [0.25, 0.3) is 0 Å². The first-order valence-electron chi connectivity index (χ1n) is 12.3. The van der Waals surface area contributed by atoms with E-state index in [2.05, 4.69) is 4.98 Å². The van der Waals surface area contributed by atoms with Crippen molar-refractivity contribution < 1.29 is 30.7 Å². The summed E-state index contributed by atoms with van der Waals surface area (Å²) in [5.74, 6) is -0.663. The molecule has 1 aromatic heterocycles. The molecular weight excluding hydrogens is 533 g/mol. The summed E-state index contributed by atoms with van der Waals surface area (Å²) < 4.78 is 82.0. The Morgan fingerprint density at radius 3 is 2.45 bits per heavy atom. The van der Waals surface area contributed by atoms with Crippen molar-refractivity contribution in [2.45, 2.75) is 67.7 Å². The molecule has 0 amide bonds. The van der Waals surface area contributed by atoms with E-state index in [9.17, 15) is 21.2 Å². The summed E-state index contributed by atoms with van der Waals surface area (Å²) in [4.78, 5) is 4.29. The Morgan fingerprint density at radius 1 is 1.13 bits per heavy atom. The van der Waals surface area contributed by atoms with E-state index < -0.39 is 37.5 Å². The number of nitrogens with zero attached hydrogens (tertiary/aromatic N) is 3. The van der Waals surface area contributed by atoms with Gasteiger partial charge in [0.25, 0.3) is 0 Å². The van der Waals surface area contributed by atoms with E-state index in [1.807, 2.05) is 0 Å². The van der Waals surface area contributed by atoms with Crippen LogP contribution in [0.4, 0.5) is 4.39 Å². The number of sulfone groups is 1. The molecule has 12 heteroatoms. The molecule has 9 nitrogen and oxygen atoms in total. The minimum absolute atomic E-state index is 0.0339. The molecule has 3 aromatic rings. The maximum atomic E-state index is 14.3. The van der Waals surface area contributed by atoms with Crippen molar-refractivity contribution in [1.82, 2.24) is 13.9 Å². The van der Waals surface area contributed by atoms with Crippen molar-refractivity contribution in [2.75, 3.05) is 13.7 Å². The van der Waals surface area contributed by atoms with E-state index in [0.717, 1.165) is 12.8 Å². The van der Waals surface area contributed by atoms with Gasteiger partial charge in [0.05, 0.1) is 48.8 Å². The number of rotatable bonds is 11. The molecule has 0 spiro atoms. The molecule has 1 atom stereocenters. The van der Waals surface area contributed by atoms with Gasteiger partial charge >= 0.3 is 0 Å². The summed E-state index contributed by atoms with van der Waals surface area (Å²) in [6.45, 7) is 4.14. The minimum Gasteiger partial charge on any atom is -0.497 e. The van der Waals surface area contributed by atoms with Gasteiger partial charge in [0, 0.05) is 18.2 Å². The van der Waals surface area contributed by atoms with Crippen molar-refractivity contribution in [3.05, 3.63) is 71.8 Å². The molecule has 0 aliphatic carbocycles. The molecule has 0 N–H and O–H groups in total. The minimum atomic E-state index is -4.06. The third kappa shape index (κ3) is 6.09. The van der Waals surface area contributed by atoms with Crippen LogP contribution in [0.1, 0.15) is 37.9 Å². The van der Waals surface area contributed by atoms with Gasteiger partial charge in [0.1, 0.15) is 11.6 Å². The van der Waals surface area contributed by atoms with Gasteiger partial charge in [-0.2, -0.15) is 4.31 Å². The lowest BCUT2D eigenvalue weighted by Crippen LogP contribution is -2.37. The molecule has 38 heavy (non-hydrogen) atoms. The SMILES string of the molecule is COc1ccc(S(=O)(=O)N(Cc2cnc(S(=O)(=O)Cc3ccccc3F)n2C[C@@H]2CCCO2)C(C)C)cc1. The van der Waals surface area contributed by atoms with Crippen molar-refractivity contribution in [3.63, 3.8) is 0 Å². The Labute approximate surface area is 223 Å². The Bertz CT molecular complexity index is 1460. The van der Waals surface area contributed by atoms with Gasteiger partial charge < -0.3 is 14.0 Å². The van der Waals surface area contributed by atoms with E-state index in [1.54, 1.807) is 32.0 Å². The summed E-state index contributed by atoms with van der Waals surface area (Å²) in [5, 5.41) is -0.239. The van der Waals surface area contributed by atoms with Gasteiger partial charge in [-0.1, -0.05) is 18.2 Å². The highest BCUT2D eigenvalue weighted by Gasteiger charge is 2.32. The van der Waals surface area contributed by atoms with E-state index in [0.29, 0.717) is 18.1 Å². The maximum Gasteiger partial charge on any atom is 0.243 e. The predicted molar refractivity (Wildman–Crippen MR) is 139 cm³/mol. The fourth-order valence-corrected chi connectivity index (χ4v) is 7.55. The van der Waals surface area contributed by atoms with Crippen LogP contribution in [0.3, 0.4) is 0 Å². The molecule has 0 radical (unpaired) electrons. The van der Waals surface area contributed by atoms with Crippen LogP contribution in [0.5, 0.6) is 5.75 Å². The summed E-state index contributed by atoms with van der Waals surface area (Å²) in [6, 6.07) is 11.3. The molecule has 1 fully saturated rings. The molecule has 1 aliphatic heterocycles. The van der Waals surface area contributed by atoms with E-state index in [-0.39, 0.29) is 34.8 Å². The topological polar surface area (TPSA) is 108 Å². The third-order valence-electron chi connectivity index (χ3n) is 6.45. The number of imidazole rings is 1. The Hall–Kier alpha value is -2.80. The number of aromatic nitrogens is 2. The number of ether oxygens (including phenoxy) is 2. The van der Waals surface area contributed by atoms with Crippen molar-refractivity contribution >= 4 is 19.9 Å². The predicted octanol–water partition coefficient (Wildman–Crippen LogP) is 3.78. The fraction of sp³-hybridized carbons (Fsp3) is 0.423. The monoisotopic (exact) mass is 565 g/mol. The molecule has 206 valence electrons. The van der Waals surface area contributed by atoms with E-state index in [4.69, 9.17) is 9.47 Å². The lowest BCUT2D eigenvalue weighted by atomic mass is 10.2. The first-order valence-corrected chi connectivity index (χ1v) is 15.4. The van der Waals surface area contributed by atoms with Gasteiger partial charge in [-0.25, -0.2) is 26.2 Å². The van der Waals surface area contributed by atoms with Crippen molar-refractivity contribution in [3.8, 4) is 5.75 Å². The lowest BCUT2D eigenvalue weighted by molar-refractivity contribution is 0.0936. The van der Waals surface area contributed by atoms with Gasteiger partial charge in [-0.05, 0) is 57.0 Å². The highest BCUT2D eigenvalue weighted by Crippen LogP contribution is 2.27. The van der Waals surface area contributed by atoms with Crippen LogP contribution in [-0.4, -0.2) is 56.6 Å². The summed E-state index contributed by atoms with van der Waals surface area (Å²) in [7, 11) is -6.51. The highest BCUT2D eigenvalue weighted by molar-refractivity contribution is 7.90. The van der Waals surface area contributed by atoms with Crippen LogP contribution >= 0.6 is 0 Å². The second kappa shape index (κ2) is 11.5. The van der Waals surface area contributed by atoms with Crippen LogP contribution in [-0.2, 0) is 43.4 Å². The third-order valence-corrected chi connectivity index (χ3v) is 10.1. The number of hydrogen-bond acceptors (Lipinski definition) is 7. The fourth-order valence-electron chi connectivity index (χ4n) is 4.43. The molecule has 2 heterocycles. The summed E-state index contributed by atoms with van der Waals surface area (Å²) >= 11 is 0. The quantitative estimate of drug-likeness (QED) is 0.348. The number of halogens is 1. The zero-order chi connectivity index (χ0) is 27.5. The normalized spacial score (nSPS) is 16.4. The Morgan fingerprint density at radius 2 is 1.84 bits per heavy atom. The van der Waals surface area contributed by atoms with Gasteiger partial charge in [-0.3, -0.25) is 0 Å². The van der Waals surface area contributed by atoms with Crippen LogP contribution < -0.4 is 4.74 Å². The number of methoxy groups -OCH3 is 1. The lowest BCUT2D eigenvalue weighted by Gasteiger charge is -2.27. The zero-order valence-corrected chi connectivity index (χ0v) is 23.2. The van der Waals surface area contributed by atoms with Crippen molar-refractivity contribution in [1.29, 1.82) is 0 Å². The molecule has 0 unspecified atom stereocenters. The second-order valence-electron chi connectivity index (χ2n) is 9.45. The number of benzene rings is 2. The maximum absolute atomic E-state index is 14.3. The molecule has 1 saturated heterocycles. The standard InChI is InChI=1S/C26H32FN3O6S2/c1-19(2)30(38(33,34)24-12-10-22(35-3)11-13-24)16-21-15-28-26(29(21)17-23-8-6-14-36-23)37(31,32)18-20-7-4-5-9-25(20)27/h4-5,7,9-13,15,19,23H,6,8,14,16-18H2,1-3H3/t23-/m0/s1. The van der Waals surface area contributed by atoms with E-state index in [1.165, 1.54) is 52.5 Å². The molecular formula is C26H32FN3O6S2. The average molecular weight is 566 g/mol. The highest BCUT2D eigenvalue weighted by atomic mass is 32.2.